The minimum atomic E-state index is -1.14. The Hall–Kier alpha value is -1.79. The van der Waals surface area contributed by atoms with Crippen molar-refractivity contribution in [2.75, 3.05) is 0 Å². The number of hydrogen-bond acceptors (Lipinski definition) is 6. The molecule has 0 aromatic carbocycles. The molecule has 0 spiro atoms. The maximum absolute atomic E-state index is 14.3. The molecule has 4 aliphatic carbocycles. The Kier molecular flexibility index (Phi) is 5.32. The summed E-state index contributed by atoms with van der Waals surface area (Å²) in [5, 5.41) is 21.4. The smallest absolute Gasteiger partial charge is 0.206 e. The molecule has 0 amide bonds. The summed E-state index contributed by atoms with van der Waals surface area (Å²) < 4.78 is 6.59. The van der Waals surface area contributed by atoms with Gasteiger partial charge in [-0.05, 0) is 63.4 Å². The normalized spacial score (nSPS) is 48.2. The summed E-state index contributed by atoms with van der Waals surface area (Å²) in [4.78, 5) is 40.4. The largest absolute Gasteiger partial charge is 0.505 e. The van der Waals surface area contributed by atoms with Crippen molar-refractivity contribution in [3.63, 3.8) is 0 Å². The van der Waals surface area contributed by atoms with Crippen LogP contribution in [0, 0.1) is 45.3 Å². The number of aliphatic hydroxyl groups is 2. The van der Waals surface area contributed by atoms with E-state index in [0.717, 1.165) is 5.57 Å². The van der Waals surface area contributed by atoms with E-state index >= 15 is 0 Å². The minimum Gasteiger partial charge on any atom is -0.505 e. The molecular formula is C30H42O6. The minimum absolute atomic E-state index is 0.0310. The zero-order valence-electron chi connectivity index (χ0n) is 23.0. The predicted molar refractivity (Wildman–Crippen MR) is 135 cm³/mol. The molecule has 0 radical (unpaired) electrons. The van der Waals surface area contributed by atoms with Gasteiger partial charge in [0.25, 0.3) is 0 Å². The Bertz CT molecular complexity index is 1110. The summed E-state index contributed by atoms with van der Waals surface area (Å²) in [5.41, 5.74) is -2.59. The van der Waals surface area contributed by atoms with E-state index in [-0.39, 0.29) is 64.7 Å². The molecule has 2 N–H and O–H groups in total. The molecule has 1 unspecified atom stereocenters. The summed E-state index contributed by atoms with van der Waals surface area (Å²) in [6.07, 6.45) is 4.84. The standard InChI is InChI=1S/C30H42O6/c1-15-18(31)12-23(27(4,5)35)36-20-13-28(6)21-10-9-16-17(11-19(32)25(34)26(16,2)3)30(21,8)22(33)14-29(28,7)24(15)20/h9,11,15,17,20-21,23-24,32,35H,10,12-14H2,1-8H3/t15-,17?,20-,21+,23+,24+,28+,29-,30+/m1/s1. The Balaban J connectivity index is 1.64. The van der Waals surface area contributed by atoms with Gasteiger partial charge in [0, 0.05) is 36.0 Å². The number of carbonyl (C=O) groups is 3. The van der Waals surface area contributed by atoms with Crippen LogP contribution in [0.15, 0.2) is 23.5 Å². The van der Waals surface area contributed by atoms with Gasteiger partial charge in [0.05, 0.1) is 23.2 Å². The van der Waals surface area contributed by atoms with Crippen LogP contribution in [-0.2, 0) is 19.1 Å². The van der Waals surface area contributed by atoms with E-state index < -0.39 is 27.9 Å². The number of rotatable bonds is 1. The van der Waals surface area contributed by atoms with E-state index in [4.69, 9.17) is 4.74 Å². The van der Waals surface area contributed by atoms with Crippen molar-refractivity contribution >= 4 is 17.3 Å². The van der Waals surface area contributed by atoms with Crippen molar-refractivity contribution in [1.29, 1.82) is 0 Å². The van der Waals surface area contributed by atoms with Crippen LogP contribution in [-0.4, -0.2) is 45.4 Å². The lowest BCUT2D eigenvalue weighted by Gasteiger charge is -2.63. The van der Waals surface area contributed by atoms with Crippen LogP contribution in [0.4, 0.5) is 0 Å². The average molecular weight is 499 g/mol. The maximum atomic E-state index is 14.3. The molecule has 198 valence electrons. The van der Waals surface area contributed by atoms with Crippen LogP contribution in [0.1, 0.15) is 81.1 Å². The highest BCUT2D eigenvalue weighted by molar-refractivity contribution is 6.02. The highest BCUT2D eigenvalue weighted by atomic mass is 16.5. The number of ketones is 3. The number of hydrogen-bond donors (Lipinski definition) is 2. The number of ether oxygens (including phenoxy) is 1. The number of aliphatic hydroxyl groups excluding tert-OH is 1. The van der Waals surface area contributed by atoms with Gasteiger partial charge in [-0.1, -0.05) is 39.3 Å². The average Bonchev–Trinajstić information content (AvgIpc) is 2.88. The highest BCUT2D eigenvalue weighted by Crippen LogP contribution is 2.74. The van der Waals surface area contributed by atoms with E-state index in [9.17, 15) is 24.6 Å². The summed E-state index contributed by atoms with van der Waals surface area (Å²) in [6, 6.07) is 0. The molecule has 5 rings (SSSR count). The lowest BCUT2D eigenvalue weighted by Crippen LogP contribution is -2.62. The van der Waals surface area contributed by atoms with Crippen molar-refractivity contribution in [2.24, 2.45) is 45.3 Å². The SMILES string of the molecule is C[C@@H]1C(=O)C[C@@H](C(C)(C)O)O[C@@H]2C[C@@]3(C)[C@@H]4CC=C5C(C=C(O)C(=O)C5(C)C)[C@]4(C)C(=O)C[C@]3(C)[C@@H]12. The Morgan fingerprint density at radius 3 is 2.31 bits per heavy atom. The molecule has 3 fully saturated rings. The van der Waals surface area contributed by atoms with Gasteiger partial charge in [-0.3, -0.25) is 14.4 Å². The number of allylic oxidation sites excluding steroid dienone is 4. The van der Waals surface area contributed by atoms with Crippen LogP contribution in [0.25, 0.3) is 0 Å². The Labute approximate surface area is 214 Å². The molecule has 9 atom stereocenters. The van der Waals surface area contributed by atoms with Crippen LogP contribution >= 0.6 is 0 Å². The van der Waals surface area contributed by atoms with E-state index in [2.05, 4.69) is 19.9 Å². The van der Waals surface area contributed by atoms with Gasteiger partial charge in [-0.25, -0.2) is 0 Å². The third kappa shape index (κ3) is 3.00. The second-order valence-corrected chi connectivity index (χ2v) is 14.2. The van der Waals surface area contributed by atoms with Gasteiger partial charge >= 0.3 is 0 Å². The van der Waals surface area contributed by atoms with Gasteiger partial charge in [0.15, 0.2) is 5.76 Å². The quantitative estimate of drug-likeness (QED) is 0.506. The number of Topliss-reactive ketones (excluding diaryl/α,β-unsaturated/α-hetero) is 3. The molecule has 2 saturated carbocycles. The molecule has 0 aromatic rings. The summed E-state index contributed by atoms with van der Waals surface area (Å²) >= 11 is 0. The number of fused-ring (bicyclic) bond motifs is 7. The molecule has 36 heavy (non-hydrogen) atoms. The second kappa shape index (κ2) is 7.41. The first-order valence-corrected chi connectivity index (χ1v) is 13.5. The van der Waals surface area contributed by atoms with Gasteiger partial charge < -0.3 is 14.9 Å². The van der Waals surface area contributed by atoms with Crippen LogP contribution in [0.3, 0.4) is 0 Å². The Morgan fingerprint density at radius 2 is 1.69 bits per heavy atom. The fourth-order valence-corrected chi connectivity index (χ4v) is 9.24. The van der Waals surface area contributed by atoms with Gasteiger partial charge in [-0.2, -0.15) is 0 Å². The van der Waals surface area contributed by atoms with E-state index in [0.29, 0.717) is 19.3 Å². The third-order valence-electron chi connectivity index (χ3n) is 11.6. The van der Waals surface area contributed by atoms with E-state index in [1.54, 1.807) is 19.9 Å². The molecule has 6 nitrogen and oxygen atoms in total. The zero-order chi connectivity index (χ0) is 26.8. The summed E-state index contributed by atoms with van der Waals surface area (Å²) in [6.45, 7) is 15.5. The molecule has 1 aliphatic heterocycles. The summed E-state index contributed by atoms with van der Waals surface area (Å²) in [7, 11) is 0. The first kappa shape index (κ1) is 25.8. The first-order valence-electron chi connectivity index (χ1n) is 13.5. The fraction of sp³-hybridized carbons (Fsp3) is 0.767. The van der Waals surface area contributed by atoms with Crippen molar-refractivity contribution in [2.45, 2.75) is 98.9 Å². The Morgan fingerprint density at radius 1 is 1.06 bits per heavy atom. The lowest BCUT2D eigenvalue weighted by molar-refractivity contribution is -0.167. The zero-order valence-corrected chi connectivity index (χ0v) is 23.0. The van der Waals surface area contributed by atoms with Crippen molar-refractivity contribution in [1.82, 2.24) is 0 Å². The van der Waals surface area contributed by atoms with Crippen molar-refractivity contribution in [3.8, 4) is 0 Å². The molecule has 5 aliphatic rings. The first-order chi connectivity index (χ1) is 16.4. The second-order valence-electron chi connectivity index (χ2n) is 14.2. The molecule has 0 bridgehead atoms. The van der Waals surface area contributed by atoms with Crippen LogP contribution in [0.2, 0.25) is 0 Å². The lowest BCUT2D eigenvalue weighted by atomic mass is 9.39. The van der Waals surface area contributed by atoms with Gasteiger partial charge in [0.2, 0.25) is 5.78 Å². The third-order valence-corrected chi connectivity index (χ3v) is 11.6. The molecule has 6 heteroatoms. The predicted octanol–water partition coefficient (Wildman–Crippen LogP) is 4.74. The number of carbonyl (C=O) groups excluding carboxylic acids is 3. The summed E-state index contributed by atoms with van der Waals surface area (Å²) in [5.74, 6) is -1.07. The monoisotopic (exact) mass is 498 g/mol. The highest BCUT2D eigenvalue weighted by Gasteiger charge is 2.73. The van der Waals surface area contributed by atoms with E-state index in [1.807, 2.05) is 27.7 Å². The molecule has 1 heterocycles. The van der Waals surface area contributed by atoms with Crippen LogP contribution < -0.4 is 0 Å². The van der Waals surface area contributed by atoms with E-state index in [1.165, 1.54) is 0 Å². The molecule has 1 saturated heterocycles. The fourth-order valence-electron chi connectivity index (χ4n) is 9.24. The topological polar surface area (TPSA) is 101 Å². The van der Waals surface area contributed by atoms with Crippen molar-refractivity contribution in [3.05, 3.63) is 23.5 Å². The van der Waals surface area contributed by atoms with Gasteiger partial charge in [-0.15, -0.1) is 0 Å². The van der Waals surface area contributed by atoms with Crippen LogP contribution in [0.5, 0.6) is 0 Å². The maximum Gasteiger partial charge on any atom is 0.206 e. The molecular weight excluding hydrogens is 456 g/mol. The molecule has 0 aromatic heterocycles. The van der Waals surface area contributed by atoms with Gasteiger partial charge in [0.1, 0.15) is 11.6 Å². The van der Waals surface area contributed by atoms with Crippen molar-refractivity contribution < 1.29 is 29.3 Å².